The first-order chi connectivity index (χ1) is 9.07. The Kier molecular flexibility index (Phi) is 3.35. The minimum absolute atomic E-state index is 0.177. The predicted octanol–water partition coefficient (Wildman–Crippen LogP) is 3.95. The fourth-order valence-electron chi connectivity index (χ4n) is 3.70. The van der Waals surface area contributed by atoms with E-state index in [-0.39, 0.29) is 5.54 Å². The number of hydrogen-bond acceptors (Lipinski definition) is 2. The summed E-state index contributed by atoms with van der Waals surface area (Å²) in [5.41, 5.74) is 2.45. The van der Waals surface area contributed by atoms with Crippen LogP contribution in [-0.2, 0) is 4.79 Å². The van der Waals surface area contributed by atoms with Gasteiger partial charge in [-0.1, -0.05) is 24.6 Å². The minimum Gasteiger partial charge on any atom is -0.480 e. The molecule has 0 saturated carbocycles. The summed E-state index contributed by atoms with van der Waals surface area (Å²) in [6.45, 7) is 12.2. The van der Waals surface area contributed by atoms with Gasteiger partial charge in [0.1, 0.15) is 5.54 Å². The van der Waals surface area contributed by atoms with Crippen LogP contribution in [0.2, 0.25) is 0 Å². The quantitative estimate of drug-likeness (QED) is 0.888. The van der Waals surface area contributed by atoms with Gasteiger partial charge >= 0.3 is 5.97 Å². The van der Waals surface area contributed by atoms with Crippen LogP contribution in [0, 0.1) is 6.92 Å². The standard InChI is InChI=1S/C17H25NO2/c1-11-7-8-14-13(9-11)12(2)10-16(3,4)18(14)17(5,6)15(19)20/h7-9,12H,10H2,1-6H3,(H,19,20)/t12-/m1/s1. The van der Waals surface area contributed by atoms with E-state index in [0.717, 1.165) is 12.1 Å². The summed E-state index contributed by atoms with van der Waals surface area (Å²) < 4.78 is 0. The first kappa shape index (κ1) is 14.9. The lowest BCUT2D eigenvalue weighted by molar-refractivity contribution is -0.142. The van der Waals surface area contributed by atoms with Gasteiger partial charge in [0.05, 0.1) is 0 Å². The number of carboxylic acid groups (broad SMARTS) is 1. The van der Waals surface area contributed by atoms with Crippen molar-refractivity contribution >= 4 is 11.7 Å². The minimum atomic E-state index is -0.923. The smallest absolute Gasteiger partial charge is 0.328 e. The molecule has 0 bridgehead atoms. The highest BCUT2D eigenvalue weighted by Gasteiger charge is 2.47. The van der Waals surface area contributed by atoms with Crippen LogP contribution >= 0.6 is 0 Å². The zero-order valence-corrected chi connectivity index (χ0v) is 13.3. The molecule has 1 heterocycles. The Labute approximate surface area is 121 Å². The molecule has 1 aromatic rings. The molecule has 0 unspecified atom stereocenters. The van der Waals surface area contributed by atoms with E-state index < -0.39 is 11.5 Å². The third-order valence-corrected chi connectivity index (χ3v) is 4.45. The number of hydrogen-bond donors (Lipinski definition) is 1. The van der Waals surface area contributed by atoms with Gasteiger partial charge in [-0.3, -0.25) is 0 Å². The van der Waals surface area contributed by atoms with Crippen molar-refractivity contribution in [2.24, 2.45) is 0 Å². The van der Waals surface area contributed by atoms with Gasteiger partial charge in [-0.25, -0.2) is 4.79 Å². The summed E-state index contributed by atoms with van der Waals surface area (Å²) in [4.78, 5) is 13.8. The molecule has 2 rings (SSSR count). The molecule has 1 aromatic carbocycles. The van der Waals surface area contributed by atoms with Crippen LogP contribution in [-0.4, -0.2) is 22.2 Å². The molecule has 0 saturated heterocycles. The molecule has 20 heavy (non-hydrogen) atoms. The van der Waals surface area contributed by atoms with E-state index in [9.17, 15) is 9.90 Å². The predicted molar refractivity (Wildman–Crippen MR) is 82.5 cm³/mol. The molecule has 0 aliphatic carbocycles. The van der Waals surface area contributed by atoms with E-state index in [0.29, 0.717) is 5.92 Å². The molecule has 0 spiro atoms. The molecule has 1 N–H and O–H groups in total. The van der Waals surface area contributed by atoms with Crippen molar-refractivity contribution in [1.82, 2.24) is 0 Å². The Morgan fingerprint density at radius 1 is 1.40 bits per heavy atom. The second-order valence-electron chi connectivity index (χ2n) is 7.18. The molecule has 1 atom stereocenters. The Morgan fingerprint density at radius 2 is 2.00 bits per heavy atom. The zero-order chi connectivity index (χ0) is 15.3. The van der Waals surface area contributed by atoms with Gasteiger partial charge in [0.25, 0.3) is 0 Å². The van der Waals surface area contributed by atoms with Crippen LogP contribution in [0.1, 0.15) is 58.1 Å². The number of carboxylic acids is 1. The first-order valence-electron chi connectivity index (χ1n) is 7.21. The number of nitrogens with zero attached hydrogens (tertiary/aromatic N) is 1. The van der Waals surface area contributed by atoms with Crippen molar-refractivity contribution in [3.05, 3.63) is 29.3 Å². The monoisotopic (exact) mass is 275 g/mol. The van der Waals surface area contributed by atoms with Crippen LogP contribution < -0.4 is 4.90 Å². The maximum absolute atomic E-state index is 11.7. The molecule has 1 aliphatic rings. The van der Waals surface area contributed by atoms with Crippen molar-refractivity contribution in [2.75, 3.05) is 4.90 Å². The molecular weight excluding hydrogens is 250 g/mol. The van der Waals surface area contributed by atoms with Crippen LogP contribution in [0.5, 0.6) is 0 Å². The van der Waals surface area contributed by atoms with Gasteiger partial charge in [0.15, 0.2) is 0 Å². The molecular formula is C17H25NO2. The van der Waals surface area contributed by atoms with Gasteiger partial charge < -0.3 is 10.0 Å². The molecule has 0 aromatic heterocycles. The highest BCUT2D eigenvalue weighted by molar-refractivity contribution is 5.84. The van der Waals surface area contributed by atoms with Gasteiger partial charge in [-0.15, -0.1) is 0 Å². The third-order valence-electron chi connectivity index (χ3n) is 4.45. The Hall–Kier alpha value is -1.51. The Morgan fingerprint density at radius 3 is 2.55 bits per heavy atom. The van der Waals surface area contributed by atoms with Crippen molar-refractivity contribution in [2.45, 2.75) is 65.0 Å². The maximum atomic E-state index is 11.7. The summed E-state index contributed by atoms with van der Waals surface area (Å²) in [6, 6.07) is 6.34. The van der Waals surface area contributed by atoms with E-state index in [2.05, 4.69) is 50.8 Å². The number of fused-ring (bicyclic) bond motifs is 1. The average molecular weight is 275 g/mol. The number of rotatable bonds is 2. The van der Waals surface area contributed by atoms with Gasteiger partial charge in [-0.2, -0.15) is 0 Å². The molecule has 0 amide bonds. The molecule has 110 valence electrons. The fraction of sp³-hybridized carbons (Fsp3) is 0.588. The number of carbonyl (C=O) groups is 1. The lowest BCUT2D eigenvalue weighted by Crippen LogP contribution is -2.61. The topological polar surface area (TPSA) is 40.5 Å². The van der Waals surface area contributed by atoms with Crippen molar-refractivity contribution < 1.29 is 9.90 Å². The second kappa shape index (κ2) is 4.51. The van der Waals surface area contributed by atoms with Crippen molar-refractivity contribution in [3.63, 3.8) is 0 Å². The lowest BCUT2D eigenvalue weighted by atomic mass is 9.77. The molecule has 3 heteroatoms. The summed E-state index contributed by atoms with van der Waals surface area (Å²) >= 11 is 0. The van der Waals surface area contributed by atoms with Crippen LogP contribution in [0.15, 0.2) is 18.2 Å². The van der Waals surface area contributed by atoms with E-state index in [1.165, 1.54) is 11.1 Å². The SMILES string of the molecule is Cc1ccc2c(c1)[C@H](C)CC(C)(C)N2C(C)(C)C(=O)O. The van der Waals surface area contributed by atoms with Gasteiger partial charge in [0, 0.05) is 11.2 Å². The van der Waals surface area contributed by atoms with Gasteiger partial charge in [-0.05, 0) is 58.6 Å². The lowest BCUT2D eigenvalue weighted by Gasteiger charge is -2.53. The van der Waals surface area contributed by atoms with Crippen LogP contribution in [0.3, 0.4) is 0 Å². The highest BCUT2D eigenvalue weighted by Crippen LogP contribution is 2.46. The third kappa shape index (κ3) is 2.19. The van der Waals surface area contributed by atoms with Crippen LogP contribution in [0.25, 0.3) is 0 Å². The van der Waals surface area contributed by atoms with Crippen molar-refractivity contribution in [3.8, 4) is 0 Å². The number of aryl methyl sites for hydroxylation is 1. The second-order valence-corrected chi connectivity index (χ2v) is 7.18. The van der Waals surface area contributed by atoms with Gasteiger partial charge in [0.2, 0.25) is 0 Å². The first-order valence-corrected chi connectivity index (χ1v) is 7.21. The number of anilines is 1. The molecule has 1 aliphatic heterocycles. The van der Waals surface area contributed by atoms with E-state index in [1.807, 2.05) is 0 Å². The summed E-state index contributed by atoms with van der Waals surface area (Å²) in [7, 11) is 0. The average Bonchev–Trinajstić information content (AvgIpc) is 2.28. The number of benzene rings is 1. The molecule has 0 fully saturated rings. The Balaban J connectivity index is 2.66. The van der Waals surface area contributed by atoms with E-state index in [1.54, 1.807) is 13.8 Å². The summed E-state index contributed by atoms with van der Waals surface area (Å²) in [6.07, 6.45) is 0.958. The molecule has 3 nitrogen and oxygen atoms in total. The summed E-state index contributed by atoms with van der Waals surface area (Å²) in [5.74, 6) is -0.340. The highest BCUT2D eigenvalue weighted by atomic mass is 16.4. The van der Waals surface area contributed by atoms with Crippen LogP contribution in [0.4, 0.5) is 5.69 Å². The molecule has 0 radical (unpaired) electrons. The Bertz CT molecular complexity index is 546. The number of aliphatic carboxylic acids is 1. The summed E-state index contributed by atoms with van der Waals surface area (Å²) in [5, 5.41) is 9.63. The van der Waals surface area contributed by atoms with E-state index >= 15 is 0 Å². The largest absolute Gasteiger partial charge is 0.480 e. The fourth-order valence-corrected chi connectivity index (χ4v) is 3.70. The maximum Gasteiger partial charge on any atom is 0.328 e. The van der Waals surface area contributed by atoms with E-state index in [4.69, 9.17) is 0 Å². The zero-order valence-electron chi connectivity index (χ0n) is 13.3. The normalized spacial score (nSPS) is 21.5. The van der Waals surface area contributed by atoms with Crippen molar-refractivity contribution in [1.29, 1.82) is 0 Å².